The third-order valence-electron chi connectivity index (χ3n) is 3.19. The van der Waals surface area contributed by atoms with Crippen LogP contribution in [0.2, 0.25) is 0 Å². The summed E-state index contributed by atoms with van der Waals surface area (Å²) in [6, 6.07) is 10.4. The summed E-state index contributed by atoms with van der Waals surface area (Å²) in [5.74, 6) is 0.248. The lowest BCUT2D eigenvalue weighted by Crippen LogP contribution is -2.54. The SMILES string of the molecule is CC(Sc1ccccc1)C(=O)N1CCNC[C@@H]1C.Cl. The largest absolute Gasteiger partial charge is 0.336 e. The minimum atomic E-state index is -0.0204. The highest BCUT2D eigenvalue weighted by molar-refractivity contribution is 8.00. The topological polar surface area (TPSA) is 32.3 Å². The van der Waals surface area contributed by atoms with E-state index >= 15 is 0 Å². The molecule has 0 bridgehead atoms. The first kappa shape index (κ1) is 16.3. The van der Waals surface area contributed by atoms with E-state index in [1.807, 2.05) is 30.0 Å². The van der Waals surface area contributed by atoms with E-state index in [2.05, 4.69) is 24.4 Å². The zero-order valence-corrected chi connectivity index (χ0v) is 13.0. The van der Waals surface area contributed by atoms with E-state index in [-0.39, 0.29) is 23.6 Å². The van der Waals surface area contributed by atoms with Crippen molar-refractivity contribution in [3.05, 3.63) is 30.3 Å². The van der Waals surface area contributed by atoms with Crippen LogP contribution >= 0.6 is 24.2 Å². The Morgan fingerprint density at radius 1 is 1.42 bits per heavy atom. The van der Waals surface area contributed by atoms with Crippen LogP contribution in [0.15, 0.2) is 35.2 Å². The van der Waals surface area contributed by atoms with E-state index < -0.39 is 0 Å². The normalized spacial score (nSPS) is 20.5. The van der Waals surface area contributed by atoms with Gasteiger partial charge >= 0.3 is 0 Å². The molecule has 0 aliphatic carbocycles. The van der Waals surface area contributed by atoms with Gasteiger partial charge in [0.05, 0.1) is 5.25 Å². The van der Waals surface area contributed by atoms with Crippen LogP contribution in [0.4, 0.5) is 0 Å². The fraction of sp³-hybridized carbons (Fsp3) is 0.500. The molecule has 1 aromatic carbocycles. The van der Waals surface area contributed by atoms with Crippen molar-refractivity contribution in [3.8, 4) is 0 Å². The second kappa shape index (κ2) is 7.78. The molecule has 106 valence electrons. The van der Waals surface area contributed by atoms with E-state index in [4.69, 9.17) is 0 Å². The monoisotopic (exact) mass is 300 g/mol. The van der Waals surface area contributed by atoms with E-state index in [9.17, 15) is 4.79 Å². The van der Waals surface area contributed by atoms with Crippen molar-refractivity contribution < 1.29 is 4.79 Å². The number of amides is 1. The average molecular weight is 301 g/mol. The highest BCUT2D eigenvalue weighted by atomic mass is 35.5. The first-order valence-corrected chi connectivity index (χ1v) is 7.29. The molecule has 1 saturated heterocycles. The molecule has 0 saturated carbocycles. The molecule has 1 aromatic rings. The van der Waals surface area contributed by atoms with Gasteiger partial charge in [-0.3, -0.25) is 4.79 Å². The smallest absolute Gasteiger partial charge is 0.236 e. The van der Waals surface area contributed by atoms with Crippen molar-refractivity contribution in [1.82, 2.24) is 10.2 Å². The molecular weight excluding hydrogens is 280 g/mol. The van der Waals surface area contributed by atoms with Gasteiger partial charge in [-0.05, 0) is 26.0 Å². The lowest BCUT2D eigenvalue weighted by Gasteiger charge is -2.35. The molecule has 1 heterocycles. The summed E-state index contributed by atoms with van der Waals surface area (Å²) in [4.78, 5) is 15.5. The highest BCUT2D eigenvalue weighted by Gasteiger charge is 2.27. The van der Waals surface area contributed by atoms with Crippen molar-refractivity contribution >= 4 is 30.1 Å². The highest BCUT2D eigenvalue weighted by Crippen LogP contribution is 2.24. The van der Waals surface area contributed by atoms with Crippen molar-refractivity contribution in [2.75, 3.05) is 19.6 Å². The summed E-state index contributed by atoms with van der Waals surface area (Å²) in [7, 11) is 0. The lowest BCUT2D eigenvalue weighted by atomic mass is 10.2. The minimum absolute atomic E-state index is 0. The number of piperazine rings is 1. The standard InChI is InChI=1S/C14H20N2OS.ClH/c1-11-10-15-8-9-16(11)14(17)12(2)18-13-6-4-3-5-7-13;/h3-7,11-12,15H,8-10H2,1-2H3;1H/t11-,12?;/m0./s1. The fourth-order valence-electron chi connectivity index (χ4n) is 2.16. The van der Waals surface area contributed by atoms with Crippen LogP contribution in [0.3, 0.4) is 0 Å². The van der Waals surface area contributed by atoms with E-state index in [0.717, 1.165) is 24.5 Å². The average Bonchev–Trinajstić information content (AvgIpc) is 2.39. The van der Waals surface area contributed by atoms with Crippen molar-refractivity contribution in [2.24, 2.45) is 0 Å². The molecule has 1 N–H and O–H groups in total. The maximum Gasteiger partial charge on any atom is 0.236 e. The molecule has 0 radical (unpaired) electrons. The molecular formula is C14H21ClN2OS. The van der Waals surface area contributed by atoms with E-state index in [1.165, 1.54) is 0 Å². The van der Waals surface area contributed by atoms with Crippen LogP contribution in [0.1, 0.15) is 13.8 Å². The van der Waals surface area contributed by atoms with Gasteiger partial charge in [0.1, 0.15) is 0 Å². The number of hydrogen-bond donors (Lipinski definition) is 1. The van der Waals surface area contributed by atoms with Crippen LogP contribution in [-0.2, 0) is 4.79 Å². The molecule has 0 spiro atoms. The molecule has 2 atom stereocenters. The molecule has 0 aromatic heterocycles. The summed E-state index contributed by atoms with van der Waals surface area (Å²) in [5.41, 5.74) is 0. The van der Waals surface area contributed by atoms with Gasteiger partial charge in [0.2, 0.25) is 5.91 Å². The van der Waals surface area contributed by atoms with Crippen LogP contribution in [0.5, 0.6) is 0 Å². The Hall–Kier alpha value is -0.710. The van der Waals surface area contributed by atoms with Crippen LogP contribution in [0.25, 0.3) is 0 Å². The molecule has 19 heavy (non-hydrogen) atoms. The van der Waals surface area contributed by atoms with Gasteiger partial charge in [0.15, 0.2) is 0 Å². The van der Waals surface area contributed by atoms with Gasteiger partial charge in [-0.25, -0.2) is 0 Å². The fourth-order valence-corrected chi connectivity index (χ4v) is 3.11. The Balaban J connectivity index is 0.00000180. The number of thioether (sulfide) groups is 1. The molecule has 3 nitrogen and oxygen atoms in total. The number of carbonyl (C=O) groups is 1. The third-order valence-corrected chi connectivity index (χ3v) is 4.29. The first-order chi connectivity index (χ1) is 8.68. The number of nitrogens with one attached hydrogen (secondary N) is 1. The number of rotatable bonds is 3. The number of carbonyl (C=O) groups excluding carboxylic acids is 1. The van der Waals surface area contributed by atoms with Crippen LogP contribution in [-0.4, -0.2) is 41.7 Å². The quantitative estimate of drug-likeness (QED) is 0.870. The Morgan fingerprint density at radius 2 is 2.11 bits per heavy atom. The second-order valence-electron chi connectivity index (χ2n) is 4.66. The molecule has 5 heteroatoms. The van der Waals surface area contributed by atoms with Crippen molar-refractivity contribution in [2.45, 2.75) is 30.0 Å². The zero-order valence-electron chi connectivity index (χ0n) is 11.3. The maximum atomic E-state index is 12.4. The zero-order chi connectivity index (χ0) is 13.0. The Morgan fingerprint density at radius 3 is 2.74 bits per heavy atom. The molecule has 1 amide bonds. The van der Waals surface area contributed by atoms with Crippen molar-refractivity contribution in [3.63, 3.8) is 0 Å². The Kier molecular flexibility index (Phi) is 6.69. The maximum absolute atomic E-state index is 12.4. The third kappa shape index (κ3) is 4.41. The summed E-state index contributed by atoms with van der Waals surface area (Å²) < 4.78 is 0. The molecule has 1 unspecified atom stereocenters. The Labute approximate surface area is 125 Å². The van der Waals surface area contributed by atoms with Crippen LogP contribution in [0, 0.1) is 0 Å². The lowest BCUT2D eigenvalue weighted by molar-refractivity contribution is -0.133. The van der Waals surface area contributed by atoms with Gasteiger partial charge in [0, 0.05) is 30.6 Å². The summed E-state index contributed by atoms with van der Waals surface area (Å²) in [6.07, 6.45) is 0. The van der Waals surface area contributed by atoms with Gasteiger partial charge in [-0.1, -0.05) is 18.2 Å². The van der Waals surface area contributed by atoms with Gasteiger partial charge in [0.25, 0.3) is 0 Å². The molecule has 2 rings (SSSR count). The van der Waals surface area contributed by atoms with Gasteiger partial charge in [-0.2, -0.15) is 0 Å². The predicted molar refractivity (Wildman–Crippen MR) is 83.1 cm³/mol. The van der Waals surface area contributed by atoms with Gasteiger partial charge in [-0.15, -0.1) is 24.2 Å². The summed E-state index contributed by atoms with van der Waals surface area (Å²) in [6.45, 7) is 6.71. The van der Waals surface area contributed by atoms with E-state index in [1.54, 1.807) is 11.8 Å². The minimum Gasteiger partial charge on any atom is -0.336 e. The number of nitrogens with zero attached hydrogens (tertiary/aromatic N) is 1. The summed E-state index contributed by atoms with van der Waals surface area (Å²) >= 11 is 1.64. The van der Waals surface area contributed by atoms with E-state index in [0.29, 0.717) is 6.04 Å². The number of benzene rings is 1. The van der Waals surface area contributed by atoms with Crippen LogP contribution < -0.4 is 5.32 Å². The molecule has 1 fully saturated rings. The molecule has 1 aliphatic heterocycles. The number of halogens is 1. The number of hydrogen-bond acceptors (Lipinski definition) is 3. The first-order valence-electron chi connectivity index (χ1n) is 6.41. The van der Waals surface area contributed by atoms with Crippen molar-refractivity contribution in [1.29, 1.82) is 0 Å². The predicted octanol–water partition coefficient (Wildman–Crippen LogP) is 2.41. The second-order valence-corrected chi connectivity index (χ2v) is 6.07. The van der Waals surface area contributed by atoms with Gasteiger partial charge < -0.3 is 10.2 Å². The molecule has 1 aliphatic rings. The summed E-state index contributed by atoms with van der Waals surface area (Å²) in [5, 5.41) is 3.29. The Bertz CT molecular complexity index is 402.